The van der Waals surface area contributed by atoms with Crippen LogP contribution in [0, 0.1) is 12.8 Å². The number of nitrogens with two attached hydrogens (primary N) is 1. The van der Waals surface area contributed by atoms with Crippen molar-refractivity contribution in [3.8, 4) is 11.3 Å². The van der Waals surface area contributed by atoms with Gasteiger partial charge in [-0.05, 0) is 24.5 Å². The summed E-state index contributed by atoms with van der Waals surface area (Å²) in [4.78, 5) is 12.6. The van der Waals surface area contributed by atoms with Gasteiger partial charge in [-0.25, -0.2) is 15.0 Å². The second-order valence-corrected chi connectivity index (χ2v) is 4.99. The molecule has 5 nitrogen and oxygen atoms in total. The first-order valence-corrected chi connectivity index (χ1v) is 6.34. The van der Waals surface area contributed by atoms with Gasteiger partial charge >= 0.3 is 0 Å². The molecule has 0 radical (unpaired) electrons. The highest BCUT2D eigenvalue weighted by Gasteiger charge is 2.05. The molecule has 2 aromatic rings. The third-order valence-corrected chi connectivity index (χ3v) is 2.77. The molecule has 0 unspecified atom stereocenters. The Morgan fingerprint density at radius 1 is 1.21 bits per heavy atom. The number of aromatic nitrogens is 3. The monoisotopic (exact) mass is 257 g/mol. The minimum atomic E-state index is 0.552. The normalized spacial score (nSPS) is 10.7. The summed E-state index contributed by atoms with van der Waals surface area (Å²) < 4.78 is 0. The lowest BCUT2D eigenvalue weighted by Gasteiger charge is -2.09. The molecule has 0 amide bonds. The van der Waals surface area contributed by atoms with Crippen LogP contribution in [0.5, 0.6) is 0 Å². The molecule has 0 saturated heterocycles. The average Bonchev–Trinajstić information content (AvgIpc) is 2.40. The van der Waals surface area contributed by atoms with E-state index in [2.05, 4.69) is 34.1 Å². The van der Waals surface area contributed by atoms with E-state index in [-0.39, 0.29) is 0 Å². The number of aryl methyl sites for hydroxylation is 1. The fourth-order valence-corrected chi connectivity index (χ4v) is 1.65. The standard InChI is InChI=1S/C14H19N5/c1-9(2)6-16-13-5-12(18-8-19-13)11-4-10(3)14(15)17-7-11/h4-5,7-9H,6H2,1-3H3,(H2,15,17)(H,16,18,19). The van der Waals surface area contributed by atoms with Gasteiger partial charge in [-0.15, -0.1) is 0 Å². The summed E-state index contributed by atoms with van der Waals surface area (Å²) in [6.07, 6.45) is 3.29. The highest BCUT2D eigenvalue weighted by Crippen LogP contribution is 2.21. The second-order valence-electron chi connectivity index (χ2n) is 4.99. The zero-order chi connectivity index (χ0) is 13.8. The summed E-state index contributed by atoms with van der Waals surface area (Å²) in [6, 6.07) is 3.91. The van der Waals surface area contributed by atoms with E-state index in [4.69, 9.17) is 5.73 Å². The molecule has 2 rings (SSSR count). The van der Waals surface area contributed by atoms with Gasteiger partial charge in [0.05, 0.1) is 5.69 Å². The Morgan fingerprint density at radius 2 is 2.00 bits per heavy atom. The van der Waals surface area contributed by atoms with Gasteiger partial charge in [0.25, 0.3) is 0 Å². The topological polar surface area (TPSA) is 76.7 Å². The Labute approximate surface area is 113 Å². The molecule has 0 bridgehead atoms. The van der Waals surface area contributed by atoms with Crippen LogP contribution >= 0.6 is 0 Å². The minimum Gasteiger partial charge on any atom is -0.383 e. The Kier molecular flexibility index (Phi) is 3.94. The number of hydrogen-bond donors (Lipinski definition) is 2. The van der Waals surface area contributed by atoms with Crippen molar-refractivity contribution in [2.75, 3.05) is 17.6 Å². The number of nitrogens with zero attached hydrogens (tertiary/aromatic N) is 3. The van der Waals surface area contributed by atoms with Crippen LogP contribution in [-0.2, 0) is 0 Å². The molecule has 0 spiro atoms. The molecule has 2 aromatic heterocycles. The molecule has 0 aromatic carbocycles. The maximum absolute atomic E-state index is 5.72. The summed E-state index contributed by atoms with van der Waals surface area (Å²) in [6.45, 7) is 7.13. The molecule has 0 aliphatic heterocycles. The van der Waals surface area contributed by atoms with E-state index in [9.17, 15) is 0 Å². The Balaban J connectivity index is 2.24. The van der Waals surface area contributed by atoms with E-state index in [1.807, 2.05) is 19.1 Å². The molecule has 2 heterocycles. The minimum absolute atomic E-state index is 0.552. The van der Waals surface area contributed by atoms with E-state index >= 15 is 0 Å². The average molecular weight is 257 g/mol. The second kappa shape index (κ2) is 5.65. The highest BCUT2D eigenvalue weighted by molar-refractivity contribution is 5.63. The van der Waals surface area contributed by atoms with E-state index in [0.29, 0.717) is 11.7 Å². The van der Waals surface area contributed by atoms with E-state index < -0.39 is 0 Å². The van der Waals surface area contributed by atoms with Crippen LogP contribution in [0.25, 0.3) is 11.3 Å². The molecule has 5 heteroatoms. The smallest absolute Gasteiger partial charge is 0.129 e. The highest BCUT2D eigenvalue weighted by atomic mass is 15.0. The lowest BCUT2D eigenvalue weighted by atomic mass is 10.1. The zero-order valence-electron chi connectivity index (χ0n) is 11.5. The zero-order valence-corrected chi connectivity index (χ0v) is 11.5. The third-order valence-electron chi connectivity index (χ3n) is 2.77. The predicted octanol–water partition coefficient (Wildman–Crippen LogP) is 2.50. The fraction of sp³-hybridized carbons (Fsp3) is 0.357. The van der Waals surface area contributed by atoms with Gasteiger partial charge < -0.3 is 11.1 Å². The number of hydrogen-bond acceptors (Lipinski definition) is 5. The van der Waals surface area contributed by atoms with Gasteiger partial charge in [0.1, 0.15) is 18.0 Å². The Hall–Kier alpha value is -2.17. The van der Waals surface area contributed by atoms with Crippen molar-refractivity contribution in [3.63, 3.8) is 0 Å². The molecule has 0 aliphatic rings. The van der Waals surface area contributed by atoms with Crippen LogP contribution in [0.15, 0.2) is 24.7 Å². The van der Waals surface area contributed by atoms with E-state index in [1.165, 1.54) is 0 Å². The van der Waals surface area contributed by atoms with Gasteiger partial charge in [-0.3, -0.25) is 0 Å². The van der Waals surface area contributed by atoms with Crippen LogP contribution < -0.4 is 11.1 Å². The maximum atomic E-state index is 5.72. The quantitative estimate of drug-likeness (QED) is 0.880. The van der Waals surface area contributed by atoms with Gasteiger partial charge in [-0.2, -0.15) is 0 Å². The van der Waals surface area contributed by atoms with Crippen molar-refractivity contribution in [2.45, 2.75) is 20.8 Å². The SMILES string of the molecule is Cc1cc(-c2cc(NCC(C)C)ncn2)cnc1N. The first-order valence-electron chi connectivity index (χ1n) is 6.34. The van der Waals surface area contributed by atoms with Gasteiger partial charge in [0.2, 0.25) is 0 Å². The molecule has 19 heavy (non-hydrogen) atoms. The van der Waals surface area contributed by atoms with Crippen molar-refractivity contribution in [2.24, 2.45) is 5.92 Å². The molecular weight excluding hydrogens is 238 g/mol. The van der Waals surface area contributed by atoms with Gasteiger partial charge in [0.15, 0.2) is 0 Å². The molecule has 0 aliphatic carbocycles. The molecular formula is C14H19N5. The van der Waals surface area contributed by atoms with Crippen molar-refractivity contribution in [1.29, 1.82) is 0 Å². The molecule has 0 fully saturated rings. The van der Waals surface area contributed by atoms with Crippen molar-refractivity contribution < 1.29 is 0 Å². The summed E-state index contributed by atoms with van der Waals surface area (Å²) in [5, 5.41) is 3.28. The van der Waals surface area contributed by atoms with Gasteiger partial charge in [-0.1, -0.05) is 13.8 Å². The fourth-order valence-electron chi connectivity index (χ4n) is 1.65. The van der Waals surface area contributed by atoms with Crippen LogP contribution in [0.2, 0.25) is 0 Å². The van der Waals surface area contributed by atoms with Crippen molar-refractivity contribution in [1.82, 2.24) is 15.0 Å². The largest absolute Gasteiger partial charge is 0.383 e. The van der Waals surface area contributed by atoms with Crippen LogP contribution in [-0.4, -0.2) is 21.5 Å². The number of nitrogen functional groups attached to an aromatic ring is 1. The van der Waals surface area contributed by atoms with Crippen molar-refractivity contribution >= 4 is 11.6 Å². The van der Waals surface area contributed by atoms with Crippen LogP contribution in [0.3, 0.4) is 0 Å². The number of anilines is 2. The van der Waals surface area contributed by atoms with Crippen LogP contribution in [0.4, 0.5) is 11.6 Å². The van der Waals surface area contributed by atoms with E-state index in [1.54, 1.807) is 12.5 Å². The summed E-state index contributed by atoms with van der Waals surface area (Å²) in [5.41, 5.74) is 8.46. The van der Waals surface area contributed by atoms with E-state index in [0.717, 1.165) is 29.2 Å². The molecule has 0 saturated carbocycles. The molecule has 0 atom stereocenters. The number of pyridine rings is 1. The van der Waals surface area contributed by atoms with Crippen LogP contribution in [0.1, 0.15) is 19.4 Å². The number of nitrogens with one attached hydrogen (secondary N) is 1. The lowest BCUT2D eigenvalue weighted by Crippen LogP contribution is -2.09. The first-order chi connectivity index (χ1) is 9.06. The summed E-state index contributed by atoms with van der Waals surface area (Å²) in [7, 11) is 0. The number of rotatable bonds is 4. The third kappa shape index (κ3) is 3.40. The van der Waals surface area contributed by atoms with Gasteiger partial charge in [0, 0.05) is 24.4 Å². The Bertz CT molecular complexity index is 566. The molecule has 3 N–H and O–H groups in total. The lowest BCUT2D eigenvalue weighted by molar-refractivity contribution is 0.687. The summed E-state index contributed by atoms with van der Waals surface area (Å²) >= 11 is 0. The first kappa shape index (κ1) is 13.3. The maximum Gasteiger partial charge on any atom is 0.129 e. The van der Waals surface area contributed by atoms with Crippen molar-refractivity contribution in [3.05, 3.63) is 30.2 Å². The predicted molar refractivity (Wildman–Crippen MR) is 77.7 cm³/mol. The molecule has 100 valence electrons. The Morgan fingerprint density at radius 3 is 2.68 bits per heavy atom. The summed E-state index contributed by atoms with van der Waals surface area (Å²) in [5.74, 6) is 1.95.